The second kappa shape index (κ2) is 8.85. The summed E-state index contributed by atoms with van der Waals surface area (Å²) >= 11 is 0.826. The van der Waals surface area contributed by atoms with Crippen LogP contribution in [0.15, 0.2) is 57.2 Å². The summed E-state index contributed by atoms with van der Waals surface area (Å²) in [7, 11) is -6.30. The minimum absolute atomic E-state index is 0.0580. The Morgan fingerprint density at radius 1 is 0.812 bits per heavy atom. The highest BCUT2D eigenvalue weighted by molar-refractivity contribution is 8.01. The van der Waals surface area contributed by atoms with Crippen molar-refractivity contribution in [1.82, 2.24) is 0 Å². The third kappa shape index (κ3) is 6.01. The van der Waals surface area contributed by atoms with Crippen molar-refractivity contribution in [3.05, 3.63) is 53.6 Å². The Balaban J connectivity index is 2.46. The second-order valence-corrected chi connectivity index (χ2v) is 13.2. The van der Waals surface area contributed by atoms with E-state index in [4.69, 9.17) is 4.55 Å². The van der Waals surface area contributed by atoms with Gasteiger partial charge in [-0.1, -0.05) is 65.4 Å². The molecule has 0 saturated heterocycles. The van der Waals surface area contributed by atoms with Crippen molar-refractivity contribution >= 4 is 33.6 Å². The number of halogens is 4. The van der Waals surface area contributed by atoms with Crippen molar-refractivity contribution in [3.8, 4) is 0 Å². The minimum Gasteiger partial charge on any atom is -0.281 e. The number of rotatable bonds is 6. The lowest BCUT2D eigenvalue weighted by Crippen LogP contribution is -2.44. The van der Waals surface area contributed by atoms with E-state index in [0.29, 0.717) is 5.56 Å². The van der Waals surface area contributed by atoms with Crippen LogP contribution in [-0.2, 0) is 20.9 Å². The fraction of sp³-hybridized carbons (Fsp3) is 0.455. The molecule has 0 unspecified atom stereocenters. The molecule has 0 aliphatic carbocycles. The molecule has 0 fully saturated rings. The first-order valence-electron chi connectivity index (χ1n) is 9.60. The molecule has 1 N–H and O–H groups in total. The highest BCUT2D eigenvalue weighted by atomic mass is 32.2. The molecule has 0 aliphatic heterocycles. The molecular formula is C22H26F4O3S3. The standard InChI is InChI=1S/C22H26F4O3S3/c1-19(2,3)14-8-7-9-15(12-14)30-16-10-11-18(17(13-16)20(4,5)6)31-21(23,24)22(25,26)32(27,28)29/h7-13H,1-6H3,(H,27,28,29). The molecule has 0 aromatic heterocycles. The minimum atomic E-state index is -6.30. The van der Waals surface area contributed by atoms with Crippen molar-refractivity contribution in [3.63, 3.8) is 0 Å². The summed E-state index contributed by atoms with van der Waals surface area (Å²) in [6.45, 7) is 11.5. The lowest BCUT2D eigenvalue weighted by atomic mass is 9.87. The average Bonchev–Trinajstić information content (AvgIpc) is 2.60. The van der Waals surface area contributed by atoms with Gasteiger partial charge < -0.3 is 0 Å². The number of hydrogen-bond acceptors (Lipinski definition) is 4. The first-order valence-corrected chi connectivity index (χ1v) is 12.7. The van der Waals surface area contributed by atoms with Gasteiger partial charge >= 0.3 is 20.6 Å². The monoisotopic (exact) mass is 510 g/mol. The smallest absolute Gasteiger partial charge is 0.281 e. The largest absolute Gasteiger partial charge is 0.442 e. The van der Waals surface area contributed by atoms with E-state index in [0.717, 1.165) is 15.4 Å². The van der Waals surface area contributed by atoms with Gasteiger partial charge in [0.1, 0.15) is 0 Å². The van der Waals surface area contributed by atoms with Gasteiger partial charge in [0.25, 0.3) is 0 Å². The van der Waals surface area contributed by atoms with Crippen LogP contribution in [-0.4, -0.2) is 23.5 Å². The second-order valence-electron chi connectivity index (χ2n) is 9.40. The molecule has 0 spiro atoms. The molecule has 0 atom stereocenters. The van der Waals surface area contributed by atoms with Gasteiger partial charge in [-0.15, -0.1) is 0 Å². The van der Waals surface area contributed by atoms with Gasteiger partial charge in [0, 0.05) is 14.7 Å². The van der Waals surface area contributed by atoms with E-state index in [9.17, 15) is 26.0 Å². The molecule has 10 heteroatoms. The Morgan fingerprint density at radius 2 is 1.38 bits per heavy atom. The molecule has 0 saturated carbocycles. The topological polar surface area (TPSA) is 54.4 Å². The maximum Gasteiger partial charge on any atom is 0.442 e. The van der Waals surface area contributed by atoms with Crippen LogP contribution in [0.25, 0.3) is 0 Å². The summed E-state index contributed by atoms with van der Waals surface area (Å²) in [6, 6.07) is 12.3. The molecule has 0 heterocycles. The average molecular weight is 511 g/mol. The maximum atomic E-state index is 14.2. The molecule has 32 heavy (non-hydrogen) atoms. The predicted octanol–water partition coefficient (Wildman–Crippen LogP) is 7.60. The Hall–Kier alpha value is -1.23. The summed E-state index contributed by atoms with van der Waals surface area (Å²) in [4.78, 5) is 1.45. The van der Waals surface area contributed by atoms with Crippen molar-refractivity contribution in [2.24, 2.45) is 0 Å². The van der Waals surface area contributed by atoms with Gasteiger partial charge in [-0.2, -0.15) is 26.0 Å². The molecular weight excluding hydrogens is 484 g/mol. The van der Waals surface area contributed by atoms with Crippen LogP contribution in [0.2, 0.25) is 0 Å². The predicted molar refractivity (Wildman–Crippen MR) is 122 cm³/mol. The molecule has 2 aromatic rings. The van der Waals surface area contributed by atoms with Crippen molar-refractivity contribution in [2.75, 3.05) is 0 Å². The van der Waals surface area contributed by atoms with Crippen LogP contribution in [0.4, 0.5) is 17.6 Å². The van der Waals surface area contributed by atoms with Gasteiger partial charge in [-0.3, -0.25) is 4.55 Å². The molecule has 0 aliphatic rings. The van der Waals surface area contributed by atoms with Crippen molar-refractivity contribution < 1.29 is 30.5 Å². The van der Waals surface area contributed by atoms with Gasteiger partial charge in [0.2, 0.25) is 0 Å². The van der Waals surface area contributed by atoms with Crippen LogP contribution in [0.5, 0.6) is 0 Å². The number of thioether (sulfide) groups is 1. The summed E-state index contributed by atoms with van der Waals surface area (Å²) in [6.07, 6.45) is 0. The molecule has 0 amide bonds. The summed E-state index contributed by atoms with van der Waals surface area (Å²) < 4.78 is 86.1. The number of alkyl halides is 4. The molecule has 0 bridgehead atoms. The van der Waals surface area contributed by atoms with E-state index < -0.39 is 37.8 Å². The van der Waals surface area contributed by atoms with E-state index >= 15 is 0 Å². The Morgan fingerprint density at radius 3 is 1.88 bits per heavy atom. The van der Waals surface area contributed by atoms with Crippen LogP contribution in [0, 0.1) is 0 Å². The SMILES string of the molecule is CC(C)(C)c1cccc(Sc2ccc(SC(F)(F)C(F)(F)S(=O)(=O)O)c(C(C)(C)C)c2)c1. The lowest BCUT2D eigenvalue weighted by molar-refractivity contribution is -0.0946. The first kappa shape index (κ1) is 27.0. The Labute approximate surface area is 195 Å². The van der Waals surface area contributed by atoms with Crippen LogP contribution < -0.4 is 0 Å². The van der Waals surface area contributed by atoms with E-state index in [1.807, 2.05) is 24.3 Å². The molecule has 0 radical (unpaired) electrons. The normalized spacial score (nSPS) is 14.0. The van der Waals surface area contributed by atoms with Crippen molar-refractivity contribution in [1.29, 1.82) is 0 Å². The van der Waals surface area contributed by atoms with E-state index in [1.165, 1.54) is 23.9 Å². The number of hydrogen-bond donors (Lipinski definition) is 1. The number of benzene rings is 2. The van der Waals surface area contributed by atoms with E-state index in [2.05, 4.69) is 20.8 Å². The summed E-state index contributed by atoms with van der Waals surface area (Å²) in [5.74, 6) is 0. The summed E-state index contributed by atoms with van der Waals surface area (Å²) in [5, 5.41) is -10.7. The fourth-order valence-corrected chi connectivity index (χ4v) is 5.42. The highest BCUT2D eigenvalue weighted by Gasteiger charge is 2.66. The molecule has 3 nitrogen and oxygen atoms in total. The van der Waals surface area contributed by atoms with E-state index in [1.54, 1.807) is 26.8 Å². The Bertz CT molecular complexity index is 1090. The van der Waals surface area contributed by atoms with Crippen LogP contribution in [0.3, 0.4) is 0 Å². The Kier molecular flexibility index (Phi) is 7.47. The van der Waals surface area contributed by atoms with Gasteiger partial charge in [-0.05, 0) is 64.1 Å². The molecule has 178 valence electrons. The van der Waals surface area contributed by atoms with Crippen molar-refractivity contribution in [2.45, 2.75) is 77.6 Å². The zero-order valence-electron chi connectivity index (χ0n) is 18.5. The van der Waals surface area contributed by atoms with E-state index in [-0.39, 0.29) is 10.3 Å². The third-order valence-electron chi connectivity index (χ3n) is 4.60. The highest BCUT2D eigenvalue weighted by Crippen LogP contribution is 2.51. The fourth-order valence-electron chi connectivity index (χ4n) is 2.76. The van der Waals surface area contributed by atoms with Gasteiger partial charge in [0.15, 0.2) is 0 Å². The van der Waals surface area contributed by atoms with Crippen LogP contribution in [0.1, 0.15) is 52.7 Å². The third-order valence-corrected chi connectivity index (χ3v) is 7.70. The first-order chi connectivity index (χ1) is 14.3. The zero-order valence-corrected chi connectivity index (χ0v) is 21.0. The van der Waals surface area contributed by atoms with Gasteiger partial charge in [-0.25, -0.2) is 0 Å². The summed E-state index contributed by atoms with van der Waals surface area (Å²) in [5.41, 5.74) is 0.718. The maximum absolute atomic E-state index is 14.2. The molecule has 2 rings (SSSR count). The lowest BCUT2D eigenvalue weighted by Gasteiger charge is -2.27. The zero-order chi connectivity index (χ0) is 24.8. The van der Waals surface area contributed by atoms with Crippen LogP contribution >= 0.6 is 23.5 Å². The van der Waals surface area contributed by atoms with Gasteiger partial charge in [0.05, 0.1) is 0 Å². The quantitative estimate of drug-likeness (QED) is 0.246. The molecule has 2 aromatic carbocycles.